The molecule has 0 aliphatic carbocycles. The molecule has 0 aliphatic heterocycles. The van der Waals surface area contributed by atoms with Crippen LogP contribution in [0.25, 0.3) is 11.6 Å². The van der Waals surface area contributed by atoms with Crippen molar-refractivity contribution in [2.75, 3.05) is 14.2 Å². The molecule has 0 heterocycles. The highest BCUT2D eigenvalue weighted by Gasteiger charge is 2.17. The number of carbonyl (C=O) groups excluding carboxylic acids is 2. The molecule has 0 aliphatic rings. The van der Waals surface area contributed by atoms with E-state index < -0.39 is 5.97 Å². The third-order valence-electron chi connectivity index (χ3n) is 4.78. The predicted molar refractivity (Wildman–Crippen MR) is 132 cm³/mol. The Morgan fingerprint density at radius 1 is 0.909 bits per heavy atom. The van der Waals surface area contributed by atoms with Crippen molar-refractivity contribution < 1.29 is 23.8 Å². The van der Waals surface area contributed by atoms with Crippen molar-refractivity contribution in [2.45, 2.75) is 6.61 Å². The van der Waals surface area contributed by atoms with Gasteiger partial charge >= 0.3 is 5.97 Å². The summed E-state index contributed by atoms with van der Waals surface area (Å²) in [5.41, 5.74) is 3.27. The standard InChI is InChI=1S/C27H23BrO5/c1-31-18-25(27(30)32-2)24-6-4-3-5-21(24)17-33-23-14-10-20(11-15-23)26(29)16-9-19-7-12-22(28)13-8-19/h3-16,18H,17H2,1-2H3/b16-9+,25-18+. The Morgan fingerprint density at radius 2 is 1.61 bits per heavy atom. The van der Waals surface area contributed by atoms with Crippen molar-refractivity contribution in [1.82, 2.24) is 0 Å². The molecule has 168 valence electrons. The summed E-state index contributed by atoms with van der Waals surface area (Å²) in [5.74, 6) is 0.0131. The molecule has 3 aromatic rings. The van der Waals surface area contributed by atoms with Gasteiger partial charge in [-0.05, 0) is 59.2 Å². The molecule has 6 heteroatoms. The number of esters is 1. The van der Waals surface area contributed by atoms with E-state index in [-0.39, 0.29) is 12.4 Å². The maximum absolute atomic E-state index is 12.5. The highest BCUT2D eigenvalue weighted by atomic mass is 79.9. The molecule has 0 unspecified atom stereocenters. The van der Waals surface area contributed by atoms with Crippen molar-refractivity contribution in [3.8, 4) is 5.75 Å². The molecule has 0 saturated heterocycles. The Bertz CT molecular complexity index is 1160. The van der Waals surface area contributed by atoms with Gasteiger partial charge in [-0.3, -0.25) is 4.79 Å². The molecular weight excluding hydrogens is 484 g/mol. The number of carbonyl (C=O) groups is 2. The average molecular weight is 507 g/mol. The zero-order chi connectivity index (χ0) is 23.6. The summed E-state index contributed by atoms with van der Waals surface area (Å²) in [6.45, 7) is 0.227. The fraction of sp³-hybridized carbons (Fsp3) is 0.111. The lowest BCUT2D eigenvalue weighted by Gasteiger charge is -2.13. The van der Waals surface area contributed by atoms with Gasteiger partial charge in [0.05, 0.1) is 20.5 Å². The second-order valence-corrected chi connectivity index (χ2v) is 7.89. The molecule has 3 aromatic carbocycles. The minimum Gasteiger partial charge on any atom is -0.503 e. The summed E-state index contributed by atoms with van der Waals surface area (Å²) in [5, 5.41) is 0. The molecule has 0 aromatic heterocycles. The lowest BCUT2D eigenvalue weighted by atomic mass is 10.0. The Kier molecular flexibility index (Phi) is 8.61. The molecule has 0 fully saturated rings. The highest BCUT2D eigenvalue weighted by molar-refractivity contribution is 9.10. The Morgan fingerprint density at radius 3 is 2.27 bits per heavy atom. The number of hydrogen-bond donors (Lipinski definition) is 0. The fourth-order valence-electron chi connectivity index (χ4n) is 3.08. The van der Waals surface area contributed by atoms with Crippen LogP contribution in [0.3, 0.4) is 0 Å². The van der Waals surface area contributed by atoms with Gasteiger partial charge in [0, 0.05) is 10.0 Å². The minimum absolute atomic E-state index is 0.0952. The normalized spacial score (nSPS) is 11.3. The summed E-state index contributed by atoms with van der Waals surface area (Å²) in [6, 6.07) is 22.0. The third kappa shape index (κ3) is 6.67. The minimum atomic E-state index is -0.497. The van der Waals surface area contributed by atoms with E-state index in [1.54, 1.807) is 42.5 Å². The number of ether oxygens (including phenoxy) is 3. The molecule has 0 bridgehead atoms. The van der Waals surface area contributed by atoms with E-state index >= 15 is 0 Å². The Labute approximate surface area is 201 Å². The van der Waals surface area contributed by atoms with E-state index in [0.29, 0.717) is 22.4 Å². The summed E-state index contributed by atoms with van der Waals surface area (Å²) in [4.78, 5) is 24.6. The number of methoxy groups -OCH3 is 2. The van der Waals surface area contributed by atoms with Crippen LogP contribution < -0.4 is 4.74 Å². The summed E-state index contributed by atoms with van der Waals surface area (Å²) in [7, 11) is 2.79. The number of ketones is 1. The van der Waals surface area contributed by atoms with E-state index in [9.17, 15) is 9.59 Å². The van der Waals surface area contributed by atoms with E-state index in [0.717, 1.165) is 15.6 Å². The maximum Gasteiger partial charge on any atom is 0.341 e. The zero-order valence-electron chi connectivity index (χ0n) is 18.3. The van der Waals surface area contributed by atoms with Crippen LogP contribution >= 0.6 is 15.9 Å². The third-order valence-corrected chi connectivity index (χ3v) is 5.31. The van der Waals surface area contributed by atoms with E-state index in [1.165, 1.54) is 20.5 Å². The van der Waals surface area contributed by atoms with Crippen molar-refractivity contribution in [1.29, 1.82) is 0 Å². The van der Waals surface area contributed by atoms with Crippen LogP contribution in [0.5, 0.6) is 5.75 Å². The monoisotopic (exact) mass is 506 g/mol. The molecule has 0 radical (unpaired) electrons. The second kappa shape index (κ2) is 11.8. The molecule has 0 amide bonds. The van der Waals surface area contributed by atoms with Crippen LogP contribution in [0.4, 0.5) is 0 Å². The van der Waals surface area contributed by atoms with Gasteiger partial charge in [0.25, 0.3) is 0 Å². The van der Waals surface area contributed by atoms with Gasteiger partial charge < -0.3 is 14.2 Å². The van der Waals surface area contributed by atoms with Crippen LogP contribution in [0.2, 0.25) is 0 Å². The number of hydrogen-bond acceptors (Lipinski definition) is 5. The SMILES string of the molecule is CO/C=C(/C(=O)OC)c1ccccc1COc1ccc(C(=O)/C=C/c2ccc(Br)cc2)cc1. The van der Waals surface area contributed by atoms with Crippen LogP contribution in [0.1, 0.15) is 27.0 Å². The second-order valence-electron chi connectivity index (χ2n) is 6.98. The molecule has 3 rings (SSSR count). The first-order chi connectivity index (χ1) is 16.0. The highest BCUT2D eigenvalue weighted by Crippen LogP contribution is 2.23. The molecule has 0 atom stereocenters. The molecular formula is C27H23BrO5. The smallest absolute Gasteiger partial charge is 0.341 e. The molecule has 0 spiro atoms. The zero-order valence-corrected chi connectivity index (χ0v) is 19.9. The van der Waals surface area contributed by atoms with E-state index in [4.69, 9.17) is 14.2 Å². The molecule has 33 heavy (non-hydrogen) atoms. The van der Waals surface area contributed by atoms with Gasteiger partial charge in [0.1, 0.15) is 17.9 Å². The predicted octanol–water partition coefficient (Wildman–Crippen LogP) is 6.08. The first-order valence-electron chi connectivity index (χ1n) is 10.1. The van der Waals surface area contributed by atoms with Gasteiger partial charge in [-0.2, -0.15) is 0 Å². The topological polar surface area (TPSA) is 61.8 Å². The lowest BCUT2D eigenvalue weighted by molar-refractivity contribution is -0.133. The average Bonchev–Trinajstić information content (AvgIpc) is 2.85. The van der Waals surface area contributed by atoms with Crippen LogP contribution in [-0.4, -0.2) is 26.0 Å². The quantitative estimate of drug-likeness (QED) is 0.152. The molecule has 0 saturated carbocycles. The number of rotatable bonds is 9. The van der Waals surface area contributed by atoms with Crippen molar-refractivity contribution >= 4 is 39.3 Å². The van der Waals surface area contributed by atoms with Crippen molar-refractivity contribution in [3.05, 3.63) is 112 Å². The Balaban J connectivity index is 1.68. The first-order valence-corrected chi connectivity index (χ1v) is 10.9. The van der Waals surface area contributed by atoms with Crippen molar-refractivity contribution in [3.63, 3.8) is 0 Å². The van der Waals surface area contributed by atoms with Gasteiger partial charge in [-0.25, -0.2) is 4.79 Å². The van der Waals surface area contributed by atoms with Crippen LogP contribution in [0, 0.1) is 0 Å². The fourth-order valence-corrected chi connectivity index (χ4v) is 3.34. The van der Waals surface area contributed by atoms with Crippen molar-refractivity contribution in [2.24, 2.45) is 0 Å². The van der Waals surface area contributed by atoms with Gasteiger partial charge in [0.15, 0.2) is 5.78 Å². The lowest BCUT2D eigenvalue weighted by Crippen LogP contribution is -2.08. The summed E-state index contributed by atoms with van der Waals surface area (Å²) in [6.07, 6.45) is 4.68. The molecule has 0 N–H and O–H groups in total. The number of benzene rings is 3. The van der Waals surface area contributed by atoms with Crippen LogP contribution in [0.15, 0.2) is 89.6 Å². The van der Waals surface area contributed by atoms with Crippen LogP contribution in [-0.2, 0) is 20.9 Å². The Hall–Kier alpha value is -3.64. The van der Waals surface area contributed by atoms with E-state index in [1.807, 2.05) is 42.5 Å². The number of halogens is 1. The van der Waals surface area contributed by atoms with E-state index in [2.05, 4.69) is 15.9 Å². The summed E-state index contributed by atoms with van der Waals surface area (Å²) >= 11 is 3.39. The van der Waals surface area contributed by atoms with Gasteiger partial charge in [-0.15, -0.1) is 0 Å². The summed E-state index contributed by atoms with van der Waals surface area (Å²) < 4.78 is 16.8. The number of allylic oxidation sites excluding steroid dienone is 1. The van der Waals surface area contributed by atoms with Gasteiger partial charge in [0.2, 0.25) is 0 Å². The largest absolute Gasteiger partial charge is 0.503 e. The first kappa shape index (κ1) is 24.0. The van der Waals surface area contributed by atoms with Gasteiger partial charge in [-0.1, -0.05) is 58.4 Å². The molecule has 5 nitrogen and oxygen atoms in total. The maximum atomic E-state index is 12.5.